The number of esters is 1. The molecule has 4 heteroatoms. The van der Waals surface area contributed by atoms with Crippen molar-refractivity contribution < 1.29 is 9.53 Å². The van der Waals surface area contributed by atoms with Gasteiger partial charge in [-0.15, -0.1) is 11.3 Å². The van der Waals surface area contributed by atoms with Gasteiger partial charge in [-0.1, -0.05) is 48.5 Å². The van der Waals surface area contributed by atoms with Crippen molar-refractivity contribution in [2.45, 2.75) is 13.5 Å². The lowest BCUT2D eigenvalue weighted by Gasteiger charge is -2.06. The summed E-state index contributed by atoms with van der Waals surface area (Å²) in [4.78, 5) is 13.9. The van der Waals surface area contributed by atoms with Crippen molar-refractivity contribution in [2.75, 3.05) is 7.11 Å². The van der Waals surface area contributed by atoms with Gasteiger partial charge in [-0.2, -0.15) is 0 Å². The molecular weight excluding hydrogens is 318 g/mol. The molecular formula is C20H17NO2S. The van der Waals surface area contributed by atoms with Crippen LogP contribution in [0.15, 0.2) is 54.6 Å². The van der Waals surface area contributed by atoms with Crippen LogP contribution >= 0.6 is 11.3 Å². The van der Waals surface area contributed by atoms with Crippen LogP contribution in [-0.4, -0.2) is 17.6 Å². The van der Waals surface area contributed by atoms with E-state index in [2.05, 4.69) is 47.0 Å². The molecule has 4 aromatic rings. The highest BCUT2D eigenvalue weighted by Crippen LogP contribution is 2.39. The molecule has 0 N–H and O–H groups in total. The number of nitrogens with zero attached hydrogens (tertiary/aromatic N) is 1. The Labute approximate surface area is 144 Å². The average Bonchev–Trinajstić information content (AvgIpc) is 3.11. The third kappa shape index (κ3) is 2.22. The first-order valence-electron chi connectivity index (χ1n) is 7.83. The fraction of sp³-hybridized carbons (Fsp3) is 0.150. The Balaban J connectivity index is 2.00. The number of ether oxygens (including phenoxy) is 1. The maximum Gasteiger partial charge on any atom is 0.348 e. The monoisotopic (exact) mass is 335 g/mol. The quantitative estimate of drug-likeness (QED) is 0.493. The lowest BCUT2D eigenvalue weighted by atomic mass is 10.1. The van der Waals surface area contributed by atoms with E-state index in [-0.39, 0.29) is 5.97 Å². The largest absolute Gasteiger partial charge is 0.465 e. The number of carbonyl (C=O) groups is 1. The Kier molecular flexibility index (Phi) is 3.62. The van der Waals surface area contributed by atoms with E-state index in [1.807, 2.05) is 19.1 Å². The second-order valence-corrected chi connectivity index (χ2v) is 6.82. The van der Waals surface area contributed by atoms with E-state index in [9.17, 15) is 4.79 Å². The van der Waals surface area contributed by atoms with E-state index >= 15 is 0 Å². The van der Waals surface area contributed by atoms with E-state index in [1.54, 1.807) is 0 Å². The number of hydrogen-bond donors (Lipinski definition) is 0. The van der Waals surface area contributed by atoms with Crippen LogP contribution < -0.4 is 0 Å². The third-order valence-electron chi connectivity index (χ3n) is 4.39. The number of hydrogen-bond acceptors (Lipinski definition) is 3. The summed E-state index contributed by atoms with van der Waals surface area (Å²) in [6, 6.07) is 18.8. The second kappa shape index (κ2) is 5.80. The molecule has 0 spiro atoms. The van der Waals surface area contributed by atoms with Gasteiger partial charge in [-0.05, 0) is 24.1 Å². The summed E-state index contributed by atoms with van der Waals surface area (Å²) >= 11 is 1.52. The highest BCUT2D eigenvalue weighted by molar-refractivity contribution is 7.21. The van der Waals surface area contributed by atoms with Gasteiger partial charge in [0.1, 0.15) is 9.71 Å². The van der Waals surface area contributed by atoms with E-state index in [0.29, 0.717) is 4.88 Å². The molecule has 0 radical (unpaired) electrons. The normalized spacial score (nSPS) is 11.2. The van der Waals surface area contributed by atoms with Crippen LogP contribution in [0.1, 0.15) is 20.8 Å². The number of methoxy groups -OCH3 is 1. The third-order valence-corrected chi connectivity index (χ3v) is 5.69. The molecule has 0 saturated heterocycles. The average molecular weight is 335 g/mol. The molecule has 0 aliphatic rings. The maximum atomic E-state index is 12.1. The number of rotatable bonds is 3. The lowest BCUT2D eigenvalue weighted by Crippen LogP contribution is -2.00. The molecule has 24 heavy (non-hydrogen) atoms. The topological polar surface area (TPSA) is 31.2 Å². The van der Waals surface area contributed by atoms with Gasteiger partial charge in [-0.25, -0.2) is 4.79 Å². The van der Waals surface area contributed by atoms with E-state index in [0.717, 1.165) is 22.3 Å². The highest BCUT2D eigenvalue weighted by Gasteiger charge is 2.22. The Hall–Kier alpha value is -2.59. The number of fused-ring (bicyclic) bond motifs is 3. The van der Waals surface area contributed by atoms with Crippen LogP contribution in [0.2, 0.25) is 0 Å². The zero-order chi connectivity index (χ0) is 16.7. The van der Waals surface area contributed by atoms with Crippen molar-refractivity contribution >= 4 is 38.4 Å². The van der Waals surface area contributed by atoms with Gasteiger partial charge in [0.2, 0.25) is 0 Å². The zero-order valence-electron chi connectivity index (χ0n) is 13.6. The fourth-order valence-electron chi connectivity index (χ4n) is 3.25. The minimum atomic E-state index is -0.260. The molecule has 0 atom stereocenters. The summed E-state index contributed by atoms with van der Waals surface area (Å²) in [5, 5.41) is 2.35. The Morgan fingerprint density at radius 2 is 1.79 bits per heavy atom. The van der Waals surface area contributed by atoms with Crippen molar-refractivity contribution in [2.24, 2.45) is 0 Å². The van der Waals surface area contributed by atoms with Gasteiger partial charge < -0.3 is 9.30 Å². The Morgan fingerprint density at radius 1 is 1.08 bits per heavy atom. The molecule has 0 fully saturated rings. The van der Waals surface area contributed by atoms with Crippen molar-refractivity contribution in [3.63, 3.8) is 0 Å². The summed E-state index contributed by atoms with van der Waals surface area (Å²) in [5.41, 5.74) is 3.44. The van der Waals surface area contributed by atoms with Crippen LogP contribution in [0.3, 0.4) is 0 Å². The first-order chi connectivity index (χ1) is 11.7. The highest BCUT2D eigenvalue weighted by atomic mass is 32.1. The molecule has 0 aliphatic heterocycles. The van der Waals surface area contributed by atoms with Crippen LogP contribution in [0.25, 0.3) is 21.1 Å². The number of benzene rings is 2. The molecule has 0 amide bonds. The van der Waals surface area contributed by atoms with Crippen molar-refractivity contribution in [3.8, 4) is 0 Å². The van der Waals surface area contributed by atoms with E-state index < -0.39 is 0 Å². The van der Waals surface area contributed by atoms with Crippen molar-refractivity contribution in [3.05, 3.63) is 70.6 Å². The molecule has 0 unspecified atom stereocenters. The molecule has 0 saturated carbocycles. The summed E-state index contributed by atoms with van der Waals surface area (Å²) in [5.74, 6) is -0.260. The number of carbonyl (C=O) groups excluding carboxylic acids is 1. The first kappa shape index (κ1) is 15.0. The smallest absolute Gasteiger partial charge is 0.348 e. The van der Waals surface area contributed by atoms with Crippen LogP contribution in [0, 0.1) is 6.92 Å². The molecule has 0 bridgehead atoms. The summed E-state index contributed by atoms with van der Waals surface area (Å²) in [7, 11) is 1.43. The second-order valence-electron chi connectivity index (χ2n) is 5.82. The van der Waals surface area contributed by atoms with Crippen LogP contribution in [0.5, 0.6) is 0 Å². The molecule has 120 valence electrons. The molecule has 0 aliphatic carbocycles. The minimum Gasteiger partial charge on any atom is -0.465 e. The van der Waals surface area contributed by atoms with Crippen LogP contribution in [-0.2, 0) is 11.3 Å². The fourth-order valence-corrected chi connectivity index (χ4v) is 4.50. The standard InChI is InChI=1S/C20H17NO2S/c1-13-17-15-10-6-7-11-16(15)21(12-14-8-4-3-5-9-14)19(17)24-18(13)20(22)23-2/h3-11H,12H2,1-2H3. The predicted molar refractivity (Wildman–Crippen MR) is 98.9 cm³/mol. The Morgan fingerprint density at radius 3 is 2.54 bits per heavy atom. The van der Waals surface area contributed by atoms with Gasteiger partial charge in [0.05, 0.1) is 12.6 Å². The summed E-state index contributed by atoms with van der Waals surface area (Å²) < 4.78 is 7.24. The maximum absolute atomic E-state index is 12.1. The first-order valence-corrected chi connectivity index (χ1v) is 8.65. The molecule has 4 rings (SSSR count). The van der Waals surface area contributed by atoms with Gasteiger partial charge in [0.15, 0.2) is 0 Å². The molecule has 2 aromatic carbocycles. The minimum absolute atomic E-state index is 0.260. The van der Waals surface area contributed by atoms with E-state index in [4.69, 9.17) is 4.74 Å². The van der Waals surface area contributed by atoms with Gasteiger partial charge in [0, 0.05) is 17.3 Å². The van der Waals surface area contributed by atoms with Crippen LogP contribution in [0.4, 0.5) is 0 Å². The number of aromatic nitrogens is 1. The number of aryl methyl sites for hydroxylation is 1. The SMILES string of the molecule is COC(=O)c1sc2c(c1C)c1ccccc1n2Cc1ccccc1. The van der Waals surface area contributed by atoms with Gasteiger partial charge >= 0.3 is 5.97 Å². The van der Waals surface area contributed by atoms with Crippen molar-refractivity contribution in [1.29, 1.82) is 0 Å². The number of thiophene rings is 1. The molecule has 2 heterocycles. The number of para-hydroxylation sites is 1. The molecule has 3 nitrogen and oxygen atoms in total. The van der Waals surface area contributed by atoms with Gasteiger partial charge in [-0.3, -0.25) is 0 Å². The lowest BCUT2D eigenvalue weighted by molar-refractivity contribution is 0.0605. The summed E-state index contributed by atoms with van der Waals surface area (Å²) in [6.07, 6.45) is 0. The Bertz CT molecular complexity index is 1040. The van der Waals surface area contributed by atoms with Crippen molar-refractivity contribution in [1.82, 2.24) is 4.57 Å². The van der Waals surface area contributed by atoms with E-state index in [1.165, 1.54) is 34.9 Å². The zero-order valence-corrected chi connectivity index (χ0v) is 14.4. The molecule has 2 aromatic heterocycles. The van der Waals surface area contributed by atoms with Gasteiger partial charge in [0.25, 0.3) is 0 Å². The summed E-state index contributed by atoms with van der Waals surface area (Å²) in [6.45, 7) is 2.79. The predicted octanol–water partition coefficient (Wildman–Crippen LogP) is 5.00.